The lowest BCUT2D eigenvalue weighted by molar-refractivity contribution is 0.100. The molecule has 2 atom stereocenters. The van der Waals surface area contributed by atoms with Crippen LogP contribution in [0.1, 0.15) is 23.3 Å². The van der Waals surface area contributed by atoms with Gasteiger partial charge in [-0.1, -0.05) is 0 Å². The Balaban J connectivity index is 2.01. The van der Waals surface area contributed by atoms with Crippen LogP contribution in [-0.2, 0) is 9.84 Å². The van der Waals surface area contributed by atoms with Gasteiger partial charge in [-0.25, -0.2) is 12.8 Å². The minimum absolute atomic E-state index is 0.0407. The summed E-state index contributed by atoms with van der Waals surface area (Å²) >= 11 is 0. The first-order valence-electron chi connectivity index (χ1n) is 7.67. The third kappa shape index (κ3) is 3.25. The first kappa shape index (κ1) is 17.9. The van der Waals surface area contributed by atoms with Crippen LogP contribution in [0, 0.1) is 22.6 Å². The van der Waals surface area contributed by atoms with Gasteiger partial charge in [0.1, 0.15) is 11.4 Å². The van der Waals surface area contributed by atoms with E-state index in [0.717, 1.165) is 0 Å². The zero-order valence-electron chi connectivity index (χ0n) is 13.8. The predicted octanol–water partition coefficient (Wildman–Crippen LogP) is 1.36. The van der Waals surface area contributed by atoms with Gasteiger partial charge in [-0.05, 0) is 31.2 Å². The number of nitrogens with two attached hydrogens (primary N) is 1. The molecule has 1 aromatic carbocycles. The number of amides is 1. The Morgan fingerprint density at radius 1 is 1.46 bits per heavy atom. The van der Waals surface area contributed by atoms with Gasteiger partial charge in [-0.2, -0.15) is 10.4 Å². The van der Waals surface area contributed by atoms with Crippen LogP contribution in [0.15, 0.2) is 30.5 Å². The summed E-state index contributed by atoms with van der Waals surface area (Å²) in [5, 5.41) is 16.5. The van der Waals surface area contributed by atoms with Crippen LogP contribution in [0.25, 0.3) is 0 Å². The lowest BCUT2D eigenvalue weighted by Crippen LogP contribution is -2.27. The van der Waals surface area contributed by atoms with Crippen molar-refractivity contribution in [1.29, 1.82) is 5.26 Å². The molecular formula is C16H16FN5O3S. The number of nitrogens with one attached hydrogen (secondary N) is 1. The standard InChI is InChI=1S/C16H16FN5O3S/c1-16(8-18)9-26(24,25)7-13(16)22-6-12(14(19)23)15(21-22)20-11-4-2-10(17)3-5-11/h2-6,13H,7,9H2,1H3,(H2,19,23)(H,20,21)/t13-,16-/m0/s1. The van der Waals surface area contributed by atoms with Crippen LogP contribution in [0.2, 0.25) is 0 Å². The molecular weight excluding hydrogens is 361 g/mol. The molecule has 1 amide bonds. The maximum atomic E-state index is 13.0. The Morgan fingerprint density at radius 2 is 2.12 bits per heavy atom. The number of carbonyl (C=O) groups is 1. The van der Waals surface area contributed by atoms with Crippen molar-refractivity contribution >= 4 is 27.2 Å². The van der Waals surface area contributed by atoms with Gasteiger partial charge in [-0.3, -0.25) is 9.48 Å². The molecule has 2 heterocycles. The number of halogens is 1. The molecule has 0 unspecified atom stereocenters. The Morgan fingerprint density at radius 3 is 2.69 bits per heavy atom. The normalized spacial score (nSPS) is 24.1. The molecule has 3 rings (SSSR count). The molecule has 1 aliphatic heterocycles. The van der Waals surface area contributed by atoms with Gasteiger partial charge in [0.15, 0.2) is 15.7 Å². The van der Waals surface area contributed by atoms with Crippen LogP contribution in [0.4, 0.5) is 15.9 Å². The zero-order valence-corrected chi connectivity index (χ0v) is 14.6. The maximum Gasteiger partial charge on any atom is 0.254 e. The molecule has 0 bridgehead atoms. The number of benzene rings is 1. The average molecular weight is 377 g/mol. The fraction of sp³-hybridized carbons (Fsp3) is 0.312. The van der Waals surface area contributed by atoms with Crippen molar-refractivity contribution in [2.75, 3.05) is 16.8 Å². The van der Waals surface area contributed by atoms with E-state index in [1.165, 1.54) is 35.1 Å². The van der Waals surface area contributed by atoms with Crippen molar-refractivity contribution in [2.24, 2.45) is 11.1 Å². The topological polar surface area (TPSA) is 131 Å². The van der Waals surface area contributed by atoms with Crippen LogP contribution in [0.5, 0.6) is 0 Å². The largest absolute Gasteiger partial charge is 0.365 e. The summed E-state index contributed by atoms with van der Waals surface area (Å²) in [7, 11) is -3.41. The number of carbonyl (C=O) groups excluding carboxylic acids is 1. The van der Waals surface area contributed by atoms with E-state index in [2.05, 4.69) is 10.4 Å². The van der Waals surface area contributed by atoms with Crippen molar-refractivity contribution in [3.8, 4) is 6.07 Å². The van der Waals surface area contributed by atoms with E-state index in [9.17, 15) is 22.9 Å². The highest BCUT2D eigenvalue weighted by Crippen LogP contribution is 2.40. The Bertz CT molecular complexity index is 1010. The lowest BCUT2D eigenvalue weighted by atomic mass is 9.87. The molecule has 0 aliphatic carbocycles. The summed E-state index contributed by atoms with van der Waals surface area (Å²) in [6.07, 6.45) is 1.33. The number of rotatable bonds is 4. The van der Waals surface area contributed by atoms with Gasteiger partial charge >= 0.3 is 0 Å². The molecule has 1 aliphatic rings. The van der Waals surface area contributed by atoms with Crippen LogP contribution < -0.4 is 11.1 Å². The van der Waals surface area contributed by atoms with E-state index in [1.54, 1.807) is 6.92 Å². The fourth-order valence-corrected chi connectivity index (χ4v) is 5.30. The number of primary amides is 1. The smallest absolute Gasteiger partial charge is 0.254 e. The van der Waals surface area contributed by atoms with Crippen LogP contribution >= 0.6 is 0 Å². The molecule has 1 fully saturated rings. The third-order valence-corrected chi connectivity index (χ3v) is 6.21. The number of nitrogens with zero attached hydrogens (tertiary/aromatic N) is 3. The molecule has 0 saturated carbocycles. The number of anilines is 2. The second kappa shape index (κ2) is 6.10. The van der Waals surface area contributed by atoms with Crippen molar-refractivity contribution in [2.45, 2.75) is 13.0 Å². The second-order valence-electron chi connectivity index (χ2n) is 6.47. The fourth-order valence-electron chi connectivity index (χ4n) is 3.01. The summed E-state index contributed by atoms with van der Waals surface area (Å²) in [6, 6.07) is 6.67. The van der Waals surface area contributed by atoms with Crippen molar-refractivity contribution < 1.29 is 17.6 Å². The predicted molar refractivity (Wildman–Crippen MR) is 91.8 cm³/mol. The Kier molecular flexibility index (Phi) is 4.20. The van der Waals surface area contributed by atoms with Crippen molar-refractivity contribution in [3.63, 3.8) is 0 Å². The first-order chi connectivity index (χ1) is 12.1. The Labute approximate surface area is 149 Å². The molecule has 0 spiro atoms. The van der Waals surface area contributed by atoms with Crippen LogP contribution in [0.3, 0.4) is 0 Å². The maximum absolute atomic E-state index is 13.0. The van der Waals surface area contributed by atoms with Gasteiger partial charge < -0.3 is 11.1 Å². The van der Waals surface area contributed by atoms with Gasteiger partial charge in [0, 0.05) is 11.9 Å². The summed E-state index contributed by atoms with van der Waals surface area (Å²) in [6.45, 7) is 1.54. The molecule has 3 N–H and O–H groups in total. The van der Waals surface area contributed by atoms with E-state index in [0.29, 0.717) is 5.69 Å². The van der Waals surface area contributed by atoms with E-state index < -0.39 is 33.0 Å². The minimum atomic E-state index is -3.41. The molecule has 8 nitrogen and oxygen atoms in total. The van der Waals surface area contributed by atoms with E-state index in [1.807, 2.05) is 6.07 Å². The third-order valence-electron chi connectivity index (χ3n) is 4.35. The number of nitriles is 1. The van der Waals surface area contributed by atoms with Crippen molar-refractivity contribution in [3.05, 3.63) is 41.8 Å². The molecule has 2 aromatic rings. The summed E-state index contributed by atoms with van der Waals surface area (Å²) in [5.41, 5.74) is 4.72. The highest BCUT2D eigenvalue weighted by atomic mass is 32.2. The molecule has 136 valence electrons. The highest BCUT2D eigenvalue weighted by molar-refractivity contribution is 7.91. The quantitative estimate of drug-likeness (QED) is 0.827. The van der Waals surface area contributed by atoms with Gasteiger partial charge in [0.2, 0.25) is 0 Å². The average Bonchev–Trinajstić information content (AvgIpc) is 3.08. The monoisotopic (exact) mass is 377 g/mol. The van der Waals surface area contributed by atoms with Crippen molar-refractivity contribution in [1.82, 2.24) is 9.78 Å². The molecule has 26 heavy (non-hydrogen) atoms. The van der Waals surface area contributed by atoms with E-state index >= 15 is 0 Å². The zero-order chi connectivity index (χ0) is 19.1. The summed E-state index contributed by atoms with van der Waals surface area (Å²) in [5.74, 6) is -1.62. The number of hydrogen-bond acceptors (Lipinski definition) is 6. The van der Waals surface area contributed by atoms with Gasteiger partial charge in [0.25, 0.3) is 5.91 Å². The van der Waals surface area contributed by atoms with E-state index in [4.69, 9.17) is 5.73 Å². The van der Waals surface area contributed by atoms with Gasteiger partial charge in [-0.15, -0.1) is 0 Å². The number of hydrogen-bond donors (Lipinski definition) is 2. The summed E-state index contributed by atoms with van der Waals surface area (Å²) < 4.78 is 38.3. The van der Waals surface area contributed by atoms with Crippen LogP contribution in [-0.4, -0.2) is 35.6 Å². The minimum Gasteiger partial charge on any atom is -0.365 e. The molecule has 0 radical (unpaired) electrons. The second-order valence-corrected chi connectivity index (χ2v) is 8.58. The summed E-state index contributed by atoms with van der Waals surface area (Å²) in [4.78, 5) is 11.7. The molecule has 1 saturated heterocycles. The number of aromatic nitrogens is 2. The first-order valence-corrected chi connectivity index (χ1v) is 9.49. The lowest BCUT2D eigenvalue weighted by Gasteiger charge is -2.22. The highest BCUT2D eigenvalue weighted by Gasteiger charge is 2.49. The van der Waals surface area contributed by atoms with E-state index in [-0.39, 0.29) is 22.9 Å². The molecule has 10 heteroatoms. The number of sulfone groups is 1. The molecule has 1 aromatic heterocycles. The Hall–Kier alpha value is -2.93. The SMILES string of the molecule is C[C@]1(C#N)CS(=O)(=O)C[C@@H]1n1cc(C(N)=O)c(Nc2ccc(F)cc2)n1. The van der Waals surface area contributed by atoms with Gasteiger partial charge in [0.05, 0.1) is 29.0 Å².